The van der Waals surface area contributed by atoms with E-state index in [9.17, 15) is 4.79 Å². The zero-order chi connectivity index (χ0) is 13.7. The number of rotatable bonds is 0. The number of anilines is 1. The highest BCUT2D eigenvalue weighted by Crippen LogP contribution is 2.38. The SMILES string of the molecule is Nc1cc2cc3ccccc3cc2c2c1N=CCC2=O. The third-order valence-corrected chi connectivity index (χ3v) is 3.78. The topological polar surface area (TPSA) is 55.4 Å². The summed E-state index contributed by atoms with van der Waals surface area (Å²) in [7, 11) is 0. The monoisotopic (exact) mass is 260 g/mol. The second-order valence-corrected chi connectivity index (χ2v) is 5.05. The summed E-state index contributed by atoms with van der Waals surface area (Å²) in [5.41, 5.74) is 7.89. The average Bonchev–Trinajstić information content (AvgIpc) is 2.46. The van der Waals surface area contributed by atoms with Crippen LogP contribution < -0.4 is 5.73 Å². The van der Waals surface area contributed by atoms with Crippen molar-refractivity contribution in [2.24, 2.45) is 4.99 Å². The molecule has 0 aliphatic carbocycles. The molecule has 0 fully saturated rings. The fraction of sp³-hybridized carbons (Fsp3) is 0.0588. The summed E-state index contributed by atoms with van der Waals surface area (Å²) in [5.74, 6) is 0.0857. The molecule has 4 rings (SSSR count). The van der Waals surface area contributed by atoms with Gasteiger partial charge in [0.05, 0.1) is 16.9 Å². The second-order valence-electron chi connectivity index (χ2n) is 5.05. The molecule has 0 spiro atoms. The van der Waals surface area contributed by atoms with Crippen LogP contribution in [-0.4, -0.2) is 12.0 Å². The summed E-state index contributed by atoms with van der Waals surface area (Å²) in [5, 5.41) is 4.19. The minimum atomic E-state index is 0.0857. The largest absolute Gasteiger partial charge is 0.397 e. The number of nitrogens with zero attached hydrogens (tertiary/aromatic N) is 1. The average molecular weight is 260 g/mol. The normalized spacial score (nSPS) is 13.9. The van der Waals surface area contributed by atoms with E-state index in [0.29, 0.717) is 23.4 Å². The number of fused-ring (bicyclic) bond motifs is 4. The van der Waals surface area contributed by atoms with Crippen LogP contribution in [0.3, 0.4) is 0 Å². The lowest BCUT2D eigenvalue weighted by Crippen LogP contribution is -2.07. The molecule has 3 aromatic rings. The fourth-order valence-corrected chi connectivity index (χ4v) is 2.84. The van der Waals surface area contributed by atoms with Gasteiger partial charge in [-0.25, -0.2) is 0 Å². The number of Topliss-reactive ketones (excluding diaryl/α,β-unsaturated/α-hetero) is 1. The van der Waals surface area contributed by atoms with Crippen LogP contribution in [0, 0.1) is 0 Å². The molecule has 0 atom stereocenters. The molecule has 2 N–H and O–H groups in total. The quantitative estimate of drug-likeness (QED) is 0.493. The smallest absolute Gasteiger partial charge is 0.171 e. The summed E-state index contributed by atoms with van der Waals surface area (Å²) in [6.45, 7) is 0. The molecule has 3 heteroatoms. The number of carbonyl (C=O) groups is 1. The van der Waals surface area contributed by atoms with E-state index in [4.69, 9.17) is 5.73 Å². The van der Waals surface area contributed by atoms with Gasteiger partial charge in [0.2, 0.25) is 0 Å². The van der Waals surface area contributed by atoms with E-state index < -0.39 is 0 Å². The first kappa shape index (κ1) is 11.2. The third kappa shape index (κ3) is 1.46. The first-order chi connectivity index (χ1) is 9.74. The van der Waals surface area contributed by atoms with Crippen LogP contribution >= 0.6 is 0 Å². The molecule has 1 aliphatic rings. The summed E-state index contributed by atoms with van der Waals surface area (Å²) in [6.07, 6.45) is 1.98. The van der Waals surface area contributed by atoms with E-state index in [1.54, 1.807) is 6.21 Å². The lowest BCUT2D eigenvalue weighted by atomic mass is 9.93. The molecule has 1 aliphatic heterocycles. The van der Waals surface area contributed by atoms with Crippen molar-refractivity contribution in [1.82, 2.24) is 0 Å². The van der Waals surface area contributed by atoms with Crippen molar-refractivity contribution in [3.8, 4) is 0 Å². The van der Waals surface area contributed by atoms with Gasteiger partial charge in [0.15, 0.2) is 5.78 Å². The van der Waals surface area contributed by atoms with Crippen LogP contribution in [0.2, 0.25) is 0 Å². The van der Waals surface area contributed by atoms with Gasteiger partial charge in [0, 0.05) is 12.6 Å². The molecule has 3 nitrogen and oxygen atoms in total. The summed E-state index contributed by atoms with van der Waals surface area (Å²) < 4.78 is 0. The number of benzene rings is 3. The Balaban J connectivity index is 2.22. The number of nitrogens with two attached hydrogens (primary N) is 1. The molecular formula is C17H12N2O. The molecule has 3 aromatic carbocycles. The molecule has 1 heterocycles. The van der Waals surface area contributed by atoms with Gasteiger partial charge in [-0.15, -0.1) is 0 Å². The number of hydrogen-bond acceptors (Lipinski definition) is 3. The number of carbonyl (C=O) groups excluding carboxylic acids is 1. The van der Waals surface area contributed by atoms with E-state index in [1.165, 1.54) is 0 Å². The van der Waals surface area contributed by atoms with Gasteiger partial charge in [0.1, 0.15) is 0 Å². The van der Waals surface area contributed by atoms with Crippen molar-refractivity contribution in [3.63, 3.8) is 0 Å². The van der Waals surface area contributed by atoms with Gasteiger partial charge in [0.25, 0.3) is 0 Å². The van der Waals surface area contributed by atoms with Gasteiger partial charge >= 0.3 is 0 Å². The van der Waals surface area contributed by atoms with Gasteiger partial charge in [-0.1, -0.05) is 24.3 Å². The zero-order valence-corrected chi connectivity index (χ0v) is 10.8. The van der Waals surface area contributed by atoms with Gasteiger partial charge in [-0.05, 0) is 39.7 Å². The first-order valence-corrected chi connectivity index (χ1v) is 6.55. The maximum Gasteiger partial charge on any atom is 0.171 e. The van der Waals surface area contributed by atoms with Gasteiger partial charge < -0.3 is 5.73 Å². The molecule has 0 bridgehead atoms. The van der Waals surface area contributed by atoms with Crippen LogP contribution in [0.1, 0.15) is 16.8 Å². The van der Waals surface area contributed by atoms with Crippen molar-refractivity contribution in [2.45, 2.75) is 6.42 Å². The van der Waals surface area contributed by atoms with Crippen molar-refractivity contribution in [3.05, 3.63) is 48.0 Å². The number of hydrogen-bond donors (Lipinski definition) is 1. The van der Waals surface area contributed by atoms with E-state index >= 15 is 0 Å². The lowest BCUT2D eigenvalue weighted by Gasteiger charge is -2.15. The molecule has 0 saturated heterocycles. The maximum absolute atomic E-state index is 12.2. The van der Waals surface area contributed by atoms with Crippen LogP contribution in [-0.2, 0) is 0 Å². The summed E-state index contributed by atoms with van der Waals surface area (Å²) in [6, 6.07) is 14.1. The van der Waals surface area contributed by atoms with Gasteiger partial charge in [-0.2, -0.15) is 0 Å². The molecule has 0 aromatic heterocycles. The minimum absolute atomic E-state index is 0.0857. The Labute approximate surface area is 115 Å². The van der Waals surface area contributed by atoms with E-state index in [1.807, 2.05) is 24.3 Å². The molecular weight excluding hydrogens is 248 g/mol. The van der Waals surface area contributed by atoms with Crippen LogP contribution in [0.25, 0.3) is 21.5 Å². The zero-order valence-electron chi connectivity index (χ0n) is 10.8. The Bertz CT molecular complexity index is 910. The standard InChI is InChI=1S/C17H12N2O/c18-14-9-12-7-10-3-1-2-4-11(10)8-13(12)16-15(20)5-6-19-17(14)16/h1-4,6-9H,5,18H2. The summed E-state index contributed by atoms with van der Waals surface area (Å²) >= 11 is 0. The number of ketones is 1. The van der Waals surface area contributed by atoms with Crippen molar-refractivity contribution >= 4 is 44.9 Å². The van der Waals surface area contributed by atoms with Crippen LogP contribution in [0.4, 0.5) is 11.4 Å². The number of aliphatic imine (C=N–C) groups is 1. The van der Waals surface area contributed by atoms with Crippen LogP contribution in [0.5, 0.6) is 0 Å². The Kier molecular flexibility index (Phi) is 2.18. The Morgan fingerprint density at radius 3 is 2.55 bits per heavy atom. The van der Waals surface area contributed by atoms with Crippen molar-refractivity contribution in [1.29, 1.82) is 0 Å². The summed E-state index contributed by atoms with van der Waals surface area (Å²) in [4.78, 5) is 16.5. The van der Waals surface area contributed by atoms with Gasteiger partial charge in [-0.3, -0.25) is 9.79 Å². The second kappa shape index (κ2) is 3.90. The molecule has 0 unspecified atom stereocenters. The molecule has 96 valence electrons. The third-order valence-electron chi connectivity index (χ3n) is 3.78. The molecule has 20 heavy (non-hydrogen) atoms. The number of nitrogen functional groups attached to an aromatic ring is 1. The molecule has 0 radical (unpaired) electrons. The Morgan fingerprint density at radius 2 is 1.75 bits per heavy atom. The predicted octanol–water partition coefficient (Wildman–Crippen LogP) is 3.86. The van der Waals surface area contributed by atoms with Crippen molar-refractivity contribution < 1.29 is 4.79 Å². The highest BCUT2D eigenvalue weighted by Gasteiger charge is 2.20. The van der Waals surface area contributed by atoms with E-state index in [0.717, 1.165) is 21.5 Å². The van der Waals surface area contributed by atoms with E-state index in [-0.39, 0.29) is 5.78 Å². The lowest BCUT2D eigenvalue weighted by molar-refractivity contribution is 0.100. The first-order valence-electron chi connectivity index (χ1n) is 6.55. The Morgan fingerprint density at radius 1 is 1.00 bits per heavy atom. The Hall–Kier alpha value is -2.68. The molecule has 0 amide bonds. The van der Waals surface area contributed by atoms with Crippen molar-refractivity contribution in [2.75, 3.05) is 5.73 Å². The highest BCUT2D eigenvalue weighted by molar-refractivity contribution is 6.21. The van der Waals surface area contributed by atoms with E-state index in [2.05, 4.69) is 23.2 Å². The maximum atomic E-state index is 12.2. The van der Waals surface area contributed by atoms with Crippen LogP contribution in [0.15, 0.2) is 47.5 Å². The molecule has 0 saturated carbocycles. The highest BCUT2D eigenvalue weighted by atomic mass is 16.1. The minimum Gasteiger partial charge on any atom is -0.397 e. The fourth-order valence-electron chi connectivity index (χ4n) is 2.84. The predicted molar refractivity (Wildman–Crippen MR) is 83.0 cm³/mol.